The Hall–Kier alpha value is -1.16. The molecule has 1 heterocycles. The molecule has 1 fully saturated rings. The van der Waals surface area contributed by atoms with Gasteiger partial charge in [0, 0.05) is 42.6 Å². The topological polar surface area (TPSA) is 41.1 Å². The molecule has 1 aliphatic rings. The van der Waals surface area contributed by atoms with E-state index in [9.17, 15) is 0 Å². The van der Waals surface area contributed by atoms with Crippen LogP contribution in [0.3, 0.4) is 0 Å². The minimum Gasteiger partial charge on any atom is -0.339 e. The number of aromatic nitrogens is 2. The number of rotatable bonds is 6. The number of anilines is 1. The van der Waals surface area contributed by atoms with E-state index in [2.05, 4.69) is 54.9 Å². The molecular formula is C15H26N4. The lowest BCUT2D eigenvalue weighted by atomic mass is 10.0. The van der Waals surface area contributed by atoms with Crippen LogP contribution in [-0.4, -0.2) is 28.6 Å². The summed E-state index contributed by atoms with van der Waals surface area (Å²) in [5.41, 5.74) is 2.37. The fourth-order valence-electron chi connectivity index (χ4n) is 1.86. The maximum atomic E-state index is 4.66. The zero-order valence-electron chi connectivity index (χ0n) is 12.8. The van der Waals surface area contributed by atoms with Gasteiger partial charge in [-0.2, -0.15) is 0 Å². The molecule has 19 heavy (non-hydrogen) atoms. The number of hydrogen-bond donors (Lipinski definition) is 1. The highest BCUT2D eigenvalue weighted by molar-refractivity contribution is 5.35. The fourth-order valence-corrected chi connectivity index (χ4v) is 1.86. The van der Waals surface area contributed by atoms with Gasteiger partial charge in [0.2, 0.25) is 5.95 Å². The van der Waals surface area contributed by atoms with Crippen LogP contribution in [0.15, 0.2) is 6.20 Å². The first kappa shape index (κ1) is 14.3. The number of aryl methyl sites for hydroxylation is 1. The Balaban J connectivity index is 2.08. The van der Waals surface area contributed by atoms with Crippen LogP contribution in [-0.2, 0) is 6.54 Å². The van der Waals surface area contributed by atoms with E-state index in [0.29, 0.717) is 0 Å². The van der Waals surface area contributed by atoms with Crippen molar-refractivity contribution in [1.82, 2.24) is 15.3 Å². The van der Waals surface area contributed by atoms with Gasteiger partial charge in [-0.1, -0.05) is 6.92 Å². The molecule has 1 N–H and O–H groups in total. The van der Waals surface area contributed by atoms with Gasteiger partial charge in [0.15, 0.2) is 0 Å². The molecule has 0 aromatic carbocycles. The Bertz CT molecular complexity index is 438. The first-order valence-corrected chi connectivity index (χ1v) is 7.24. The van der Waals surface area contributed by atoms with Crippen LogP contribution in [0.1, 0.15) is 51.3 Å². The van der Waals surface area contributed by atoms with Gasteiger partial charge in [-0.3, -0.25) is 0 Å². The molecule has 2 rings (SSSR count). The van der Waals surface area contributed by atoms with Crippen molar-refractivity contribution in [2.75, 3.05) is 11.9 Å². The zero-order valence-corrected chi connectivity index (χ0v) is 12.8. The minimum absolute atomic E-state index is 0.0836. The van der Waals surface area contributed by atoms with E-state index < -0.39 is 0 Å². The van der Waals surface area contributed by atoms with Crippen molar-refractivity contribution in [2.24, 2.45) is 0 Å². The summed E-state index contributed by atoms with van der Waals surface area (Å²) in [6.45, 7) is 9.58. The first-order valence-electron chi connectivity index (χ1n) is 7.24. The van der Waals surface area contributed by atoms with E-state index in [1.165, 1.54) is 18.4 Å². The molecule has 0 amide bonds. The molecule has 106 valence electrons. The summed E-state index contributed by atoms with van der Waals surface area (Å²) in [6, 6.07) is 0.723. The third-order valence-electron chi connectivity index (χ3n) is 4.30. The van der Waals surface area contributed by atoms with Crippen molar-refractivity contribution in [2.45, 2.75) is 65.1 Å². The SMILES string of the molecule is CCC(C)(C)N(C)c1ncc(CNC2CC2)c(C)n1. The predicted molar refractivity (Wildman–Crippen MR) is 79.4 cm³/mol. The van der Waals surface area contributed by atoms with Crippen molar-refractivity contribution in [3.63, 3.8) is 0 Å². The number of nitrogens with one attached hydrogen (secondary N) is 1. The normalized spacial score (nSPS) is 15.6. The smallest absolute Gasteiger partial charge is 0.225 e. The van der Waals surface area contributed by atoms with Gasteiger partial charge in [0.25, 0.3) is 0 Å². The molecule has 1 aliphatic carbocycles. The highest BCUT2D eigenvalue weighted by atomic mass is 15.3. The highest BCUT2D eigenvalue weighted by Crippen LogP contribution is 2.23. The van der Waals surface area contributed by atoms with Crippen molar-refractivity contribution in [3.05, 3.63) is 17.5 Å². The summed E-state index contributed by atoms with van der Waals surface area (Å²) in [5.74, 6) is 0.819. The molecule has 0 atom stereocenters. The second-order valence-electron chi connectivity index (χ2n) is 6.16. The lowest BCUT2D eigenvalue weighted by molar-refractivity contribution is 0.462. The van der Waals surface area contributed by atoms with E-state index in [1.807, 2.05) is 6.20 Å². The van der Waals surface area contributed by atoms with Crippen LogP contribution in [0.4, 0.5) is 5.95 Å². The van der Waals surface area contributed by atoms with Gasteiger partial charge >= 0.3 is 0 Å². The molecule has 1 saturated carbocycles. The van der Waals surface area contributed by atoms with Gasteiger partial charge in [-0.05, 0) is 40.0 Å². The molecule has 4 nitrogen and oxygen atoms in total. The van der Waals surface area contributed by atoms with Crippen molar-refractivity contribution in [1.29, 1.82) is 0 Å². The number of nitrogens with zero attached hydrogens (tertiary/aromatic N) is 3. The van der Waals surface area contributed by atoms with E-state index in [0.717, 1.165) is 30.6 Å². The Kier molecular flexibility index (Phi) is 4.09. The Morgan fingerprint density at radius 1 is 1.42 bits per heavy atom. The standard InChI is InChI=1S/C15H26N4/c1-6-15(3,4)19(5)14-17-10-12(11(2)18-14)9-16-13-7-8-13/h10,13,16H,6-9H2,1-5H3. The van der Waals surface area contributed by atoms with Gasteiger partial charge < -0.3 is 10.2 Å². The largest absolute Gasteiger partial charge is 0.339 e. The van der Waals surface area contributed by atoms with Crippen molar-refractivity contribution >= 4 is 5.95 Å². The van der Waals surface area contributed by atoms with Crippen molar-refractivity contribution < 1.29 is 0 Å². The van der Waals surface area contributed by atoms with Crippen LogP contribution in [0.25, 0.3) is 0 Å². The summed E-state index contributed by atoms with van der Waals surface area (Å²) in [7, 11) is 2.07. The van der Waals surface area contributed by atoms with Gasteiger partial charge in [-0.15, -0.1) is 0 Å². The second-order valence-corrected chi connectivity index (χ2v) is 6.16. The minimum atomic E-state index is 0.0836. The molecule has 1 aromatic rings. The number of hydrogen-bond acceptors (Lipinski definition) is 4. The third kappa shape index (κ3) is 3.44. The van der Waals surface area contributed by atoms with Crippen LogP contribution in [0.5, 0.6) is 0 Å². The quantitative estimate of drug-likeness (QED) is 0.855. The van der Waals surface area contributed by atoms with Gasteiger partial charge in [0.1, 0.15) is 0 Å². The molecule has 0 aliphatic heterocycles. The Labute approximate surface area is 116 Å². The molecular weight excluding hydrogens is 236 g/mol. The Morgan fingerprint density at radius 2 is 2.11 bits per heavy atom. The average molecular weight is 262 g/mol. The average Bonchev–Trinajstić information content (AvgIpc) is 3.20. The maximum absolute atomic E-state index is 4.66. The zero-order chi connectivity index (χ0) is 14.0. The molecule has 4 heteroatoms. The monoisotopic (exact) mass is 262 g/mol. The summed E-state index contributed by atoms with van der Waals surface area (Å²) < 4.78 is 0. The molecule has 0 saturated heterocycles. The summed E-state index contributed by atoms with van der Waals surface area (Å²) >= 11 is 0. The van der Waals surface area contributed by atoms with Crippen LogP contribution >= 0.6 is 0 Å². The maximum Gasteiger partial charge on any atom is 0.225 e. The van der Waals surface area contributed by atoms with Crippen LogP contribution in [0.2, 0.25) is 0 Å². The fraction of sp³-hybridized carbons (Fsp3) is 0.733. The highest BCUT2D eigenvalue weighted by Gasteiger charge is 2.24. The lowest BCUT2D eigenvalue weighted by Gasteiger charge is -2.35. The van der Waals surface area contributed by atoms with E-state index in [4.69, 9.17) is 0 Å². The van der Waals surface area contributed by atoms with Gasteiger partial charge in [-0.25, -0.2) is 9.97 Å². The third-order valence-corrected chi connectivity index (χ3v) is 4.30. The molecule has 0 spiro atoms. The predicted octanol–water partition coefficient (Wildman–Crippen LogP) is 2.66. The molecule has 1 aromatic heterocycles. The van der Waals surface area contributed by atoms with E-state index >= 15 is 0 Å². The molecule has 0 unspecified atom stereocenters. The Morgan fingerprint density at radius 3 is 2.63 bits per heavy atom. The van der Waals surface area contributed by atoms with E-state index in [-0.39, 0.29) is 5.54 Å². The molecule has 0 radical (unpaired) electrons. The summed E-state index contributed by atoms with van der Waals surface area (Å²) in [5, 5.41) is 3.51. The molecule has 0 bridgehead atoms. The van der Waals surface area contributed by atoms with Crippen LogP contribution in [0, 0.1) is 6.92 Å². The van der Waals surface area contributed by atoms with Crippen LogP contribution < -0.4 is 10.2 Å². The summed E-state index contributed by atoms with van der Waals surface area (Å²) in [4.78, 5) is 11.4. The summed E-state index contributed by atoms with van der Waals surface area (Å²) in [6.07, 6.45) is 5.66. The lowest BCUT2D eigenvalue weighted by Crippen LogP contribution is -2.41. The second kappa shape index (κ2) is 5.45. The first-order chi connectivity index (χ1) is 8.94. The van der Waals surface area contributed by atoms with E-state index in [1.54, 1.807) is 0 Å². The van der Waals surface area contributed by atoms with Crippen molar-refractivity contribution in [3.8, 4) is 0 Å². The van der Waals surface area contributed by atoms with Gasteiger partial charge in [0.05, 0.1) is 0 Å².